The number of nitrogens with one attached hydrogen (secondary N) is 1. The van der Waals surface area contributed by atoms with E-state index in [4.69, 9.17) is 9.47 Å². The van der Waals surface area contributed by atoms with Gasteiger partial charge in [0.05, 0.1) is 20.6 Å². The van der Waals surface area contributed by atoms with E-state index in [0.717, 1.165) is 18.4 Å². The molecule has 1 fully saturated rings. The summed E-state index contributed by atoms with van der Waals surface area (Å²) in [5.74, 6) is 1.52. The van der Waals surface area contributed by atoms with Gasteiger partial charge in [0.15, 0.2) is 0 Å². The molecule has 2 rings (SSSR count). The largest absolute Gasteiger partial charge is 0.497 e. The topological polar surface area (TPSA) is 67.9 Å². The molecule has 1 aromatic rings. The Morgan fingerprint density at radius 2 is 1.88 bits per heavy atom. The van der Waals surface area contributed by atoms with E-state index in [-0.39, 0.29) is 30.2 Å². The predicted molar refractivity (Wildman–Crippen MR) is 95.8 cm³/mol. The van der Waals surface area contributed by atoms with Crippen LogP contribution in [0.4, 0.5) is 0 Å². The number of ether oxygens (including phenoxy) is 2. The number of hydrogen-bond acceptors (Lipinski definition) is 4. The van der Waals surface area contributed by atoms with Gasteiger partial charge in [-0.2, -0.15) is 0 Å². The summed E-state index contributed by atoms with van der Waals surface area (Å²) in [6, 6.07) is 5.56. The monoisotopic (exact) mass is 348 g/mol. The van der Waals surface area contributed by atoms with Gasteiger partial charge in [0.25, 0.3) is 0 Å². The first-order chi connectivity index (χ1) is 11.9. The fraction of sp³-hybridized carbons (Fsp3) is 0.579. The summed E-state index contributed by atoms with van der Waals surface area (Å²) in [7, 11) is 3.18. The van der Waals surface area contributed by atoms with Crippen LogP contribution >= 0.6 is 0 Å². The molecule has 0 aromatic heterocycles. The van der Waals surface area contributed by atoms with Crippen LogP contribution in [0.5, 0.6) is 11.5 Å². The van der Waals surface area contributed by atoms with Gasteiger partial charge in [0.1, 0.15) is 11.5 Å². The minimum absolute atomic E-state index is 0.0219. The third kappa shape index (κ3) is 5.11. The lowest BCUT2D eigenvalue weighted by Gasteiger charge is -2.33. The average Bonchev–Trinajstić information content (AvgIpc) is 2.61. The second-order valence-electron chi connectivity index (χ2n) is 6.68. The van der Waals surface area contributed by atoms with Crippen LogP contribution in [0.1, 0.15) is 32.3 Å². The zero-order valence-electron chi connectivity index (χ0n) is 15.5. The van der Waals surface area contributed by atoms with Gasteiger partial charge < -0.3 is 19.7 Å². The van der Waals surface area contributed by atoms with Crippen molar-refractivity contribution in [1.29, 1.82) is 0 Å². The highest BCUT2D eigenvalue weighted by Crippen LogP contribution is 2.25. The summed E-state index contributed by atoms with van der Waals surface area (Å²) in [5.41, 5.74) is 0.827. The molecule has 0 aliphatic carbocycles. The van der Waals surface area contributed by atoms with Crippen LogP contribution in [0.3, 0.4) is 0 Å². The van der Waals surface area contributed by atoms with Gasteiger partial charge >= 0.3 is 0 Å². The smallest absolute Gasteiger partial charge is 0.225 e. The molecule has 1 saturated heterocycles. The number of amides is 2. The highest BCUT2D eigenvalue weighted by atomic mass is 16.5. The van der Waals surface area contributed by atoms with E-state index in [0.29, 0.717) is 24.6 Å². The lowest BCUT2D eigenvalue weighted by atomic mass is 10.0. The summed E-state index contributed by atoms with van der Waals surface area (Å²) in [6.45, 7) is 5.23. The molecule has 1 aromatic carbocycles. The Labute approximate surface area is 149 Å². The molecule has 1 aliphatic rings. The Balaban J connectivity index is 1.86. The highest BCUT2D eigenvalue weighted by Gasteiger charge is 2.25. The van der Waals surface area contributed by atoms with Crippen LogP contribution in [-0.2, 0) is 16.0 Å². The number of benzene rings is 1. The van der Waals surface area contributed by atoms with Crippen molar-refractivity contribution in [2.45, 2.75) is 39.2 Å². The van der Waals surface area contributed by atoms with Crippen molar-refractivity contribution in [1.82, 2.24) is 10.2 Å². The van der Waals surface area contributed by atoms with Gasteiger partial charge in [0.2, 0.25) is 11.8 Å². The number of piperidine rings is 1. The number of methoxy groups -OCH3 is 2. The van der Waals surface area contributed by atoms with Crippen molar-refractivity contribution in [3.63, 3.8) is 0 Å². The van der Waals surface area contributed by atoms with Crippen LogP contribution in [0, 0.1) is 5.92 Å². The number of rotatable bonds is 6. The Kier molecular flexibility index (Phi) is 6.67. The summed E-state index contributed by atoms with van der Waals surface area (Å²) < 4.78 is 10.5. The number of likely N-dealkylation sites (tertiary alicyclic amines) is 1. The number of carbonyl (C=O) groups is 2. The van der Waals surface area contributed by atoms with Crippen LogP contribution in [0.15, 0.2) is 18.2 Å². The van der Waals surface area contributed by atoms with Gasteiger partial charge in [-0.1, -0.05) is 19.9 Å². The quantitative estimate of drug-likeness (QED) is 0.854. The van der Waals surface area contributed by atoms with Crippen molar-refractivity contribution in [2.75, 3.05) is 27.3 Å². The van der Waals surface area contributed by atoms with Crippen LogP contribution in [0.2, 0.25) is 0 Å². The number of nitrogens with zero attached hydrogens (tertiary/aromatic N) is 1. The Bertz CT molecular complexity index is 607. The third-order valence-corrected chi connectivity index (χ3v) is 4.51. The molecule has 1 N–H and O–H groups in total. The molecule has 1 aliphatic heterocycles. The Hall–Kier alpha value is -2.24. The molecule has 6 nitrogen and oxygen atoms in total. The first kappa shape index (κ1) is 19.1. The van der Waals surface area contributed by atoms with Crippen molar-refractivity contribution >= 4 is 11.8 Å². The molecule has 25 heavy (non-hydrogen) atoms. The molecular formula is C19H28N2O4. The minimum atomic E-state index is -0.0305. The molecule has 2 amide bonds. The Morgan fingerprint density at radius 1 is 1.20 bits per heavy atom. The number of carbonyl (C=O) groups excluding carboxylic acids is 2. The van der Waals surface area contributed by atoms with Crippen molar-refractivity contribution in [2.24, 2.45) is 5.92 Å². The van der Waals surface area contributed by atoms with Gasteiger partial charge in [-0.05, 0) is 18.9 Å². The molecule has 6 heteroatoms. The summed E-state index contributed by atoms with van der Waals surface area (Å²) in [4.78, 5) is 26.2. The predicted octanol–water partition coefficient (Wildman–Crippen LogP) is 2.01. The van der Waals surface area contributed by atoms with Gasteiger partial charge in [-0.3, -0.25) is 9.59 Å². The van der Waals surface area contributed by atoms with E-state index in [9.17, 15) is 9.59 Å². The van der Waals surface area contributed by atoms with Crippen molar-refractivity contribution in [3.8, 4) is 11.5 Å². The summed E-state index contributed by atoms with van der Waals surface area (Å²) in [5, 5.41) is 3.07. The fourth-order valence-electron chi connectivity index (χ4n) is 3.06. The van der Waals surface area contributed by atoms with E-state index >= 15 is 0 Å². The molecule has 0 bridgehead atoms. The van der Waals surface area contributed by atoms with E-state index in [1.165, 1.54) is 0 Å². The highest BCUT2D eigenvalue weighted by molar-refractivity contribution is 5.80. The molecule has 0 radical (unpaired) electrons. The van der Waals surface area contributed by atoms with Crippen molar-refractivity contribution in [3.05, 3.63) is 23.8 Å². The number of hydrogen-bond donors (Lipinski definition) is 1. The lowest BCUT2D eigenvalue weighted by molar-refractivity contribution is -0.135. The Morgan fingerprint density at radius 3 is 2.44 bits per heavy atom. The second kappa shape index (κ2) is 8.74. The maximum Gasteiger partial charge on any atom is 0.225 e. The maximum atomic E-state index is 12.3. The molecular weight excluding hydrogens is 320 g/mol. The first-order valence-corrected chi connectivity index (χ1v) is 8.73. The second-order valence-corrected chi connectivity index (χ2v) is 6.68. The molecule has 0 atom stereocenters. The van der Waals surface area contributed by atoms with Gasteiger partial charge in [-0.25, -0.2) is 0 Å². The van der Waals surface area contributed by atoms with E-state index in [2.05, 4.69) is 5.32 Å². The minimum Gasteiger partial charge on any atom is -0.497 e. The van der Waals surface area contributed by atoms with E-state index < -0.39 is 0 Å². The molecule has 0 spiro atoms. The van der Waals surface area contributed by atoms with E-state index in [1.807, 2.05) is 30.9 Å². The lowest BCUT2D eigenvalue weighted by Crippen LogP contribution is -2.47. The van der Waals surface area contributed by atoms with Crippen LogP contribution in [0.25, 0.3) is 0 Å². The molecule has 138 valence electrons. The van der Waals surface area contributed by atoms with Crippen LogP contribution < -0.4 is 14.8 Å². The normalized spacial score (nSPS) is 15.2. The van der Waals surface area contributed by atoms with Gasteiger partial charge in [0, 0.05) is 36.7 Å². The maximum absolute atomic E-state index is 12.3. The SMILES string of the molecule is COc1ccc(CC(=O)NC2CCN(C(=O)C(C)C)CC2)c(OC)c1. The first-order valence-electron chi connectivity index (χ1n) is 8.73. The third-order valence-electron chi connectivity index (χ3n) is 4.51. The van der Waals surface area contributed by atoms with Crippen molar-refractivity contribution < 1.29 is 19.1 Å². The van der Waals surface area contributed by atoms with Gasteiger partial charge in [-0.15, -0.1) is 0 Å². The summed E-state index contributed by atoms with van der Waals surface area (Å²) in [6.07, 6.45) is 1.85. The standard InChI is InChI=1S/C19H28N2O4/c1-13(2)19(23)21-9-7-15(8-10-21)20-18(22)11-14-5-6-16(24-3)12-17(14)25-4/h5-6,12-13,15H,7-11H2,1-4H3,(H,20,22). The average molecular weight is 348 g/mol. The fourth-order valence-corrected chi connectivity index (χ4v) is 3.06. The van der Waals surface area contributed by atoms with E-state index in [1.54, 1.807) is 20.3 Å². The zero-order valence-corrected chi connectivity index (χ0v) is 15.5. The molecule has 0 saturated carbocycles. The molecule has 0 unspecified atom stereocenters. The molecule has 1 heterocycles. The van der Waals surface area contributed by atoms with Crippen LogP contribution in [-0.4, -0.2) is 50.1 Å². The zero-order chi connectivity index (χ0) is 18.4. The summed E-state index contributed by atoms with van der Waals surface area (Å²) >= 11 is 0.